The quantitative estimate of drug-likeness (QED) is 0.326. The number of hydrogen-bond acceptors (Lipinski definition) is 2. The first-order valence-corrected chi connectivity index (χ1v) is 12.2. The fourth-order valence-electron chi connectivity index (χ4n) is 2.93. The van der Waals surface area contributed by atoms with Crippen molar-refractivity contribution in [3.63, 3.8) is 0 Å². The van der Waals surface area contributed by atoms with Gasteiger partial charge in [0.05, 0.1) is 15.4 Å². The van der Waals surface area contributed by atoms with Crippen molar-refractivity contribution < 1.29 is 4.21 Å². The summed E-state index contributed by atoms with van der Waals surface area (Å²) in [6, 6.07) is 8.16. The van der Waals surface area contributed by atoms with Crippen LogP contribution in [0.4, 0.5) is 0 Å². The minimum Gasteiger partial charge on any atom is -0.253 e. The minimum atomic E-state index is -0.880. The van der Waals surface area contributed by atoms with Crippen LogP contribution in [0.25, 0.3) is 0 Å². The number of benzene rings is 1. The largest absolute Gasteiger partial charge is 0.253 e. The molecule has 0 aromatic heterocycles. The lowest BCUT2D eigenvalue weighted by Gasteiger charge is -2.14. The Hall–Kier alpha value is -0.280. The lowest BCUT2D eigenvalue weighted by molar-refractivity contribution is 0.553. The van der Waals surface area contributed by atoms with Gasteiger partial charge in [-0.25, -0.2) is 0 Å². The van der Waals surface area contributed by atoms with E-state index in [4.69, 9.17) is 0 Å². The van der Waals surface area contributed by atoms with Gasteiger partial charge in [0.15, 0.2) is 0 Å². The summed E-state index contributed by atoms with van der Waals surface area (Å²) in [5.74, 6) is 0. The Morgan fingerprint density at radius 1 is 0.875 bits per heavy atom. The first-order chi connectivity index (χ1) is 11.7. The average Bonchev–Trinajstić information content (AvgIpc) is 2.60. The van der Waals surface area contributed by atoms with Crippen molar-refractivity contribution in [2.75, 3.05) is 6.26 Å². The van der Waals surface area contributed by atoms with Crippen molar-refractivity contribution in [2.24, 2.45) is 0 Å². The number of unbranched alkanes of at least 4 members (excludes halogenated alkanes) is 9. The zero-order valence-electron chi connectivity index (χ0n) is 15.9. The lowest BCUT2D eigenvalue weighted by Crippen LogP contribution is -2.11. The highest BCUT2D eigenvalue weighted by atomic mass is 32.2. The summed E-state index contributed by atoms with van der Waals surface area (Å²) in [5, 5.41) is 0. The Morgan fingerprint density at radius 2 is 1.38 bits per heavy atom. The molecule has 0 saturated carbocycles. The van der Waals surface area contributed by atoms with Crippen molar-refractivity contribution >= 4 is 22.6 Å². The minimum absolute atomic E-state index is 0.238. The molecule has 138 valence electrons. The van der Waals surface area contributed by atoms with Crippen LogP contribution in [0.1, 0.15) is 83.1 Å². The smallest absolute Gasteiger partial charge is 0.0845 e. The molecule has 2 atom stereocenters. The normalized spacial score (nSPS) is 13.8. The molecule has 0 heterocycles. The van der Waals surface area contributed by atoms with Gasteiger partial charge in [0.1, 0.15) is 0 Å². The van der Waals surface area contributed by atoms with Crippen LogP contribution < -0.4 is 0 Å². The van der Waals surface area contributed by atoms with Gasteiger partial charge in [0.2, 0.25) is 0 Å². The van der Waals surface area contributed by atoms with Gasteiger partial charge in [-0.3, -0.25) is 4.21 Å². The molecule has 0 spiro atoms. The van der Waals surface area contributed by atoms with Crippen LogP contribution in [-0.4, -0.2) is 15.0 Å². The molecule has 2 unspecified atom stereocenters. The highest BCUT2D eigenvalue weighted by Crippen LogP contribution is 2.24. The molecule has 1 aromatic carbocycles. The Morgan fingerprint density at radius 3 is 1.88 bits per heavy atom. The standard InChI is InChI=1S/C21H36OS2/c1-4-5-6-7-8-9-10-11-12-13-14-21(23-3)24(22)20-17-15-19(2)16-18-20/h15-18,21H,4-14H2,1-3H3. The fourth-order valence-corrected chi connectivity index (χ4v) is 5.46. The van der Waals surface area contributed by atoms with E-state index in [2.05, 4.69) is 32.2 Å². The first-order valence-electron chi connectivity index (χ1n) is 9.69. The van der Waals surface area contributed by atoms with Gasteiger partial charge in [-0.15, -0.1) is 11.8 Å². The maximum atomic E-state index is 12.7. The molecule has 0 bridgehead atoms. The van der Waals surface area contributed by atoms with Gasteiger partial charge >= 0.3 is 0 Å². The molecular weight excluding hydrogens is 332 g/mol. The van der Waals surface area contributed by atoms with Gasteiger partial charge < -0.3 is 0 Å². The van der Waals surface area contributed by atoms with E-state index in [1.165, 1.54) is 69.8 Å². The number of aryl methyl sites for hydroxylation is 1. The fraction of sp³-hybridized carbons (Fsp3) is 0.714. The molecule has 0 radical (unpaired) electrons. The molecule has 1 nitrogen and oxygen atoms in total. The van der Waals surface area contributed by atoms with Crippen LogP contribution in [0.2, 0.25) is 0 Å². The van der Waals surface area contributed by atoms with Crippen LogP contribution in [0, 0.1) is 6.92 Å². The predicted octanol–water partition coefficient (Wildman–Crippen LogP) is 7.10. The van der Waals surface area contributed by atoms with E-state index in [1.807, 2.05) is 12.1 Å². The van der Waals surface area contributed by atoms with Crippen LogP contribution in [-0.2, 0) is 10.8 Å². The van der Waals surface area contributed by atoms with Crippen molar-refractivity contribution in [3.05, 3.63) is 29.8 Å². The van der Waals surface area contributed by atoms with Crippen molar-refractivity contribution in [1.29, 1.82) is 0 Å². The summed E-state index contributed by atoms with van der Waals surface area (Å²) in [6.07, 6.45) is 16.7. The Kier molecular flexibility index (Phi) is 12.6. The summed E-state index contributed by atoms with van der Waals surface area (Å²) in [6.45, 7) is 4.34. The van der Waals surface area contributed by atoms with E-state index in [0.717, 1.165) is 11.3 Å². The number of hydrogen-bond donors (Lipinski definition) is 0. The third-order valence-electron chi connectivity index (χ3n) is 4.55. The Labute approximate surface area is 156 Å². The van der Waals surface area contributed by atoms with Gasteiger partial charge in [0, 0.05) is 4.90 Å². The molecule has 0 saturated heterocycles. The monoisotopic (exact) mass is 368 g/mol. The van der Waals surface area contributed by atoms with E-state index in [-0.39, 0.29) is 4.58 Å². The Balaban J connectivity index is 2.13. The maximum Gasteiger partial charge on any atom is 0.0845 e. The topological polar surface area (TPSA) is 17.1 Å². The first kappa shape index (κ1) is 21.8. The lowest BCUT2D eigenvalue weighted by atomic mass is 10.1. The van der Waals surface area contributed by atoms with E-state index in [1.54, 1.807) is 11.8 Å². The molecule has 1 aromatic rings. The van der Waals surface area contributed by atoms with Crippen molar-refractivity contribution in [1.82, 2.24) is 0 Å². The summed E-state index contributed by atoms with van der Waals surface area (Å²) in [7, 11) is -0.880. The van der Waals surface area contributed by atoms with Gasteiger partial charge in [-0.05, 0) is 31.7 Å². The molecule has 0 aliphatic rings. The summed E-state index contributed by atoms with van der Waals surface area (Å²) in [5.41, 5.74) is 1.23. The molecule has 0 aliphatic carbocycles. The van der Waals surface area contributed by atoms with Gasteiger partial charge in [-0.2, -0.15) is 0 Å². The van der Waals surface area contributed by atoms with E-state index < -0.39 is 10.8 Å². The zero-order chi connectivity index (χ0) is 17.6. The van der Waals surface area contributed by atoms with E-state index >= 15 is 0 Å². The highest BCUT2D eigenvalue weighted by Gasteiger charge is 2.16. The SMILES string of the molecule is CCCCCCCCCCCCC(SC)S(=O)c1ccc(C)cc1. The summed E-state index contributed by atoms with van der Waals surface area (Å²) < 4.78 is 12.9. The van der Waals surface area contributed by atoms with E-state index in [9.17, 15) is 4.21 Å². The average molecular weight is 369 g/mol. The molecule has 0 amide bonds. The van der Waals surface area contributed by atoms with Crippen molar-refractivity contribution in [3.8, 4) is 0 Å². The molecule has 3 heteroatoms. The van der Waals surface area contributed by atoms with Crippen LogP contribution >= 0.6 is 11.8 Å². The summed E-state index contributed by atoms with van der Waals surface area (Å²) >= 11 is 1.76. The van der Waals surface area contributed by atoms with Gasteiger partial charge in [0.25, 0.3) is 0 Å². The zero-order valence-corrected chi connectivity index (χ0v) is 17.5. The molecule has 1 rings (SSSR count). The highest BCUT2D eigenvalue weighted by molar-refractivity contribution is 8.10. The third kappa shape index (κ3) is 9.27. The van der Waals surface area contributed by atoms with Crippen LogP contribution in [0.15, 0.2) is 29.2 Å². The molecule has 0 aliphatic heterocycles. The second kappa shape index (κ2) is 13.9. The van der Waals surface area contributed by atoms with Gasteiger partial charge in [-0.1, -0.05) is 88.8 Å². The number of rotatable bonds is 14. The summed E-state index contributed by atoms with van der Waals surface area (Å²) in [4.78, 5) is 0.979. The molecule has 0 fully saturated rings. The third-order valence-corrected chi connectivity index (χ3v) is 7.86. The van der Waals surface area contributed by atoms with Crippen molar-refractivity contribution in [2.45, 2.75) is 94.0 Å². The molecular formula is C21H36OS2. The van der Waals surface area contributed by atoms with Crippen LogP contribution in [0.5, 0.6) is 0 Å². The van der Waals surface area contributed by atoms with E-state index in [0.29, 0.717) is 0 Å². The Bertz CT molecular complexity index is 442. The molecule has 24 heavy (non-hydrogen) atoms. The van der Waals surface area contributed by atoms with Crippen LogP contribution in [0.3, 0.4) is 0 Å². The predicted molar refractivity (Wildman–Crippen MR) is 111 cm³/mol. The number of thioether (sulfide) groups is 1. The second-order valence-electron chi connectivity index (χ2n) is 6.75. The maximum absolute atomic E-state index is 12.7. The molecule has 0 N–H and O–H groups in total. The second-order valence-corrected chi connectivity index (χ2v) is 9.72.